The molecule has 4 rings (SSSR count). The predicted octanol–water partition coefficient (Wildman–Crippen LogP) is 5.35. The minimum atomic E-state index is -0.515. The highest BCUT2D eigenvalue weighted by Gasteiger charge is 2.34. The van der Waals surface area contributed by atoms with Gasteiger partial charge in [0.15, 0.2) is 0 Å². The Morgan fingerprint density at radius 1 is 1.06 bits per heavy atom. The van der Waals surface area contributed by atoms with Crippen LogP contribution in [0.3, 0.4) is 0 Å². The van der Waals surface area contributed by atoms with Gasteiger partial charge in [-0.2, -0.15) is 0 Å². The SMILES string of the molecule is COc1cccc(C2=C(c3cc(Br)ccc3OC)[N]C(C3CCN(C(=O)OC(C)(C)C)CC3)=N2)n1. The lowest BCUT2D eigenvalue weighted by molar-refractivity contribution is 0.0201. The van der Waals surface area contributed by atoms with E-state index in [0.29, 0.717) is 41.8 Å². The van der Waals surface area contributed by atoms with Gasteiger partial charge in [-0.1, -0.05) is 22.0 Å². The maximum atomic E-state index is 12.5. The largest absolute Gasteiger partial charge is 0.496 e. The molecule has 8 nitrogen and oxygen atoms in total. The molecule has 9 heteroatoms. The van der Waals surface area contributed by atoms with E-state index in [0.717, 1.165) is 28.7 Å². The van der Waals surface area contributed by atoms with E-state index in [1.807, 2.05) is 51.1 Å². The molecule has 2 aliphatic rings. The van der Waals surface area contributed by atoms with Crippen LogP contribution in [0.2, 0.25) is 0 Å². The van der Waals surface area contributed by atoms with E-state index >= 15 is 0 Å². The fourth-order valence-corrected chi connectivity index (χ4v) is 4.44. The van der Waals surface area contributed by atoms with Gasteiger partial charge in [0.1, 0.15) is 28.6 Å². The first-order valence-electron chi connectivity index (χ1n) is 11.6. The first-order valence-corrected chi connectivity index (χ1v) is 12.4. The first-order chi connectivity index (χ1) is 16.7. The van der Waals surface area contributed by atoms with Crippen molar-refractivity contribution < 1.29 is 19.0 Å². The minimum absolute atomic E-state index is 0.116. The number of carbonyl (C=O) groups is 1. The summed E-state index contributed by atoms with van der Waals surface area (Å²) in [5, 5.41) is 4.99. The second-order valence-electron chi connectivity index (χ2n) is 9.43. The van der Waals surface area contributed by atoms with Crippen LogP contribution in [0, 0.1) is 5.92 Å². The highest BCUT2D eigenvalue weighted by molar-refractivity contribution is 9.10. The molecule has 3 heterocycles. The molecule has 0 aliphatic carbocycles. The Bertz CT molecular complexity index is 1160. The van der Waals surface area contributed by atoms with Crippen molar-refractivity contribution in [2.75, 3.05) is 27.3 Å². The molecule has 0 spiro atoms. The molecule has 1 radical (unpaired) electrons. The van der Waals surface area contributed by atoms with Gasteiger partial charge in [-0.25, -0.2) is 20.1 Å². The van der Waals surface area contributed by atoms with Crippen LogP contribution in [-0.4, -0.2) is 54.7 Å². The summed E-state index contributed by atoms with van der Waals surface area (Å²) >= 11 is 3.56. The number of methoxy groups -OCH3 is 2. The second-order valence-corrected chi connectivity index (χ2v) is 10.3. The number of likely N-dealkylation sites (tertiary alicyclic amines) is 1. The predicted molar refractivity (Wildman–Crippen MR) is 138 cm³/mol. The number of amidine groups is 1. The molecule has 1 fully saturated rings. The lowest BCUT2D eigenvalue weighted by Gasteiger charge is -2.33. The number of pyridine rings is 1. The fourth-order valence-electron chi connectivity index (χ4n) is 4.08. The van der Waals surface area contributed by atoms with Crippen molar-refractivity contribution in [1.82, 2.24) is 15.2 Å². The van der Waals surface area contributed by atoms with Crippen molar-refractivity contribution in [2.45, 2.75) is 39.2 Å². The third kappa shape index (κ3) is 5.78. The summed E-state index contributed by atoms with van der Waals surface area (Å²) in [5.74, 6) is 2.06. The van der Waals surface area contributed by atoms with Gasteiger partial charge in [-0.3, -0.25) is 0 Å². The summed E-state index contributed by atoms with van der Waals surface area (Å²) in [6.45, 7) is 6.82. The summed E-state index contributed by atoms with van der Waals surface area (Å²) < 4.78 is 17.4. The van der Waals surface area contributed by atoms with E-state index in [-0.39, 0.29) is 12.0 Å². The lowest BCUT2D eigenvalue weighted by atomic mass is 9.95. The Hall–Kier alpha value is -3.07. The molecule has 1 amide bonds. The van der Waals surface area contributed by atoms with Crippen LogP contribution in [0.25, 0.3) is 11.4 Å². The number of rotatable bonds is 5. The van der Waals surface area contributed by atoms with Crippen molar-refractivity contribution in [3.8, 4) is 11.6 Å². The monoisotopic (exact) mass is 541 g/mol. The molecule has 0 N–H and O–H groups in total. The van der Waals surface area contributed by atoms with Gasteiger partial charge in [0.2, 0.25) is 5.88 Å². The molecule has 2 aliphatic heterocycles. The third-order valence-corrected chi connectivity index (χ3v) is 6.27. The summed E-state index contributed by atoms with van der Waals surface area (Å²) in [6, 6.07) is 11.4. The van der Waals surface area contributed by atoms with Crippen LogP contribution in [0.4, 0.5) is 4.79 Å². The van der Waals surface area contributed by atoms with E-state index in [1.54, 1.807) is 25.2 Å². The van der Waals surface area contributed by atoms with Gasteiger partial charge in [-0.05, 0) is 57.9 Å². The summed E-state index contributed by atoms with van der Waals surface area (Å²) in [6.07, 6.45) is 1.23. The van der Waals surface area contributed by atoms with Crippen molar-refractivity contribution in [1.29, 1.82) is 0 Å². The minimum Gasteiger partial charge on any atom is -0.496 e. The van der Waals surface area contributed by atoms with Gasteiger partial charge >= 0.3 is 6.09 Å². The van der Waals surface area contributed by atoms with E-state index in [4.69, 9.17) is 24.5 Å². The molecule has 2 aromatic rings. The van der Waals surface area contributed by atoms with E-state index in [9.17, 15) is 4.79 Å². The van der Waals surface area contributed by atoms with Crippen LogP contribution in [0.15, 0.2) is 45.9 Å². The average Bonchev–Trinajstić information content (AvgIpc) is 3.28. The number of hydrogen-bond donors (Lipinski definition) is 0. The number of benzene rings is 1. The maximum Gasteiger partial charge on any atom is 0.410 e. The molecule has 185 valence electrons. The molecule has 0 saturated carbocycles. The smallest absolute Gasteiger partial charge is 0.410 e. The summed E-state index contributed by atoms with van der Waals surface area (Å²) in [5.41, 5.74) is 2.36. The Kier molecular flexibility index (Phi) is 7.35. The number of ether oxygens (including phenoxy) is 3. The van der Waals surface area contributed by atoms with Gasteiger partial charge in [0.25, 0.3) is 0 Å². The molecule has 35 heavy (non-hydrogen) atoms. The summed E-state index contributed by atoms with van der Waals surface area (Å²) in [4.78, 5) is 23.8. The number of carbonyl (C=O) groups excluding carboxylic acids is 1. The molecule has 0 atom stereocenters. The third-order valence-electron chi connectivity index (χ3n) is 5.78. The number of piperidine rings is 1. The first kappa shape index (κ1) is 25.0. The van der Waals surface area contributed by atoms with Crippen molar-refractivity contribution in [3.63, 3.8) is 0 Å². The number of aliphatic imine (C=N–C) groups is 1. The van der Waals surface area contributed by atoms with Crippen LogP contribution < -0.4 is 14.8 Å². The molecule has 0 unspecified atom stereocenters. The standard InChI is InChI=1S/C26H30BrN4O4/c1-26(2,3)35-25(32)31-13-11-16(12-14-31)24-29-22(18-15-17(27)9-10-20(18)33-4)23(30-24)19-7-6-8-21(28-19)34-5/h6-10,15-16H,11-14H2,1-5H3. The van der Waals surface area contributed by atoms with Gasteiger partial charge < -0.3 is 19.1 Å². The zero-order valence-electron chi connectivity index (χ0n) is 20.7. The van der Waals surface area contributed by atoms with Crippen molar-refractivity contribution >= 4 is 39.3 Å². The van der Waals surface area contributed by atoms with Crippen LogP contribution in [-0.2, 0) is 4.74 Å². The number of amides is 1. The topological polar surface area (TPSA) is 87.4 Å². The molecule has 0 bridgehead atoms. The quantitative estimate of drug-likeness (QED) is 0.509. The van der Waals surface area contributed by atoms with E-state index < -0.39 is 5.60 Å². The number of halogens is 1. The number of aromatic nitrogens is 1. The van der Waals surface area contributed by atoms with Crippen LogP contribution in [0.5, 0.6) is 11.6 Å². The Balaban J connectivity index is 1.61. The molecule has 1 aromatic heterocycles. The Labute approximate surface area is 214 Å². The summed E-state index contributed by atoms with van der Waals surface area (Å²) in [7, 11) is 3.23. The van der Waals surface area contributed by atoms with Gasteiger partial charge in [0.05, 0.1) is 19.9 Å². The van der Waals surface area contributed by atoms with Gasteiger partial charge in [0, 0.05) is 35.1 Å². The zero-order chi connectivity index (χ0) is 25.2. The van der Waals surface area contributed by atoms with E-state index in [1.165, 1.54) is 0 Å². The molecule has 1 saturated heterocycles. The Morgan fingerprint density at radius 2 is 1.80 bits per heavy atom. The normalized spacial score (nSPS) is 16.6. The molecular weight excluding hydrogens is 512 g/mol. The lowest BCUT2D eigenvalue weighted by Crippen LogP contribution is -2.43. The average molecular weight is 542 g/mol. The van der Waals surface area contributed by atoms with Crippen molar-refractivity contribution in [2.24, 2.45) is 10.9 Å². The van der Waals surface area contributed by atoms with Crippen molar-refractivity contribution in [3.05, 3.63) is 52.1 Å². The zero-order valence-corrected chi connectivity index (χ0v) is 22.3. The Morgan fingerprint density at radius 3 is 2.46 bits per heavy atom. The van der Waals surface area contributed by atoms with Crippen LogP contribution in [0.1, 0.15) is 44.9 Å². The maximum absolute atomic E-state index is 12.5. The second kappa shape index (κ2) is 10.3. The fraction of sp³-hybridized carbons (Fsp3) is 0.423. The molecule has 1 aromatic carbocycles. The molecular formula is C26H30BrN4O4. The highest BCUT2D eigenvalue weighted by Crippen LogP contribution is 2.38. The highest BCUT2D eigenvalue weighted by atomic mass is 79.9. The van der Waals surface area contributed by atoms with Crippen LogP contribution >= 0.6 is 15.9 Å². The van der Waals surface area contributed by atoms with E-state index in [2.05, 4.69) is 20.9 Å². The number of nitrogens with zero attached hydrogens (tertiary/aromatic N) is 4. The van der Waals surface area contributed by atoms with Gasteiger partial charge in [-0.15, -0.1) is 0 Å². The number of hydrogen-bond acceptors (Lipinski definition) is 6.